The van der Waals surface area contributed by atoms with Crippen molar-refractivity contribution in [2.24, 2.45) is 0 Å². The van der Waals surface area contributed by atoms with E-state index in [-0.39, 0.29) is 11.7 Å². The van der Waals surface area contributed by atoms with E-state index in [9.17, 15) is 27.4 Å². The average molecular weight is 506 g/mol. The summed E-state index contributed by atoms with van der Waals surface area (Å²) in [6, 6.07) is 9.55. The van der Waals surface area contributed by atoms with Gasteiger partial charge in [-0.15, -0.1) is 0 Å². The van der Waals surface area contributed by atoms with Crippen molar-refractivity contribution >= 4 is 39.9 Å². The molecular weight excluding hydrogens is 476 g/mol. The number of hydrogen-bond acceptors (Lipinski definition) is 4. The van der Waals surface area contributed by atoms with Gasteiger partial charge in [0.25, 0.3) is 0 Å². The van der Waals surface area contributed by atoms with Crippen LogP contribution >= 0.6 is 0 Å². The van der Waals surface area contributed by atoms with Crippen LogP contribution in [0.5, 0.6) is 0 Å². The molecule has 0 unspecified atom stereocenters. The van der Waals surface area contributed by atoms with Gasteiger partial charge < -0.3 is 10.6 Å². The highest BCUT2D eigenvalue weighted by molar-refractivity contribution is 7.86. The lowest BCUT2D eigenvalue weighted by atomic mass is 9.95. The fourth-order valence-electron chi connectivity index (χ4n) is 4.03. The molecule has 1 aliphatic rings. The standard InChI is InChI=1S/C25H29F2N3O4S/c1-17(25(33)29-19-7-3-2-4-8-19)30(22-10-6-5-9-21(22)27)24(32)16-35(34)15-23(31)28-20-13-11-18(26)12-14-20/h5-6,9-14,17,19H,2-4,7-8,15-16H2,1H3,(H,28,31)(H,29,33)/t17-,35+/m0/s1. The molecule has 2 atom stereocenters. The van der Waals surface area contributed by atoms with E-state index in [0.29, 0.717) is 5.69 Å². The third kappa shape index (κ3) is 7.68. The molecule has 1 aliphatic carbocycles. The Morgan fingerprint density at radius 3 is 2.31 bits per heavy atom. The maximum Gasteiger partial charge on any atom is 0.243 e. The van der Waals surface area contributed by atoms with Crippen LogP contribution in [0, 0.1) is 11.6 Å². The molecule has 3 rings (SSSR count). The largest absolute Gasteiger partial charge is 0.352 e. The van der Waals surface area contributed by atoms with Crippen molar-refractivity contribution in [1.29, 1.82) is 0 Å². The van der Waals surface area contributed by atoms with Gasteiger partial charge >= 0.3 is 0 Å². The molecule has 0 heterocycles. The van der Waals surface area contributed by atoms with Gasteiger partial charge in [0, 0.05) is 22.5 Å². The third-order valence-corrected chi connectivity index (χ3v) is 6.96. The lowest BCUT2D eigenvalue weighted by molar-refractivity contribution is -0.126. The van der Waals surface area contributed by atoms with Gasteiger partial charge in [0.15, 0.2) is 0 Å². The van der Waals surface area contributed by atoms with Gasteiger partial charge in [-0.25, -0.2) is 8.78 Å². The van der Waals surface area contributed by atoms with Crippen LogP contribution in [0.25, 0.3) is 0 Å². The van der Waals surface area contributed by atoms with Gasteiger partial charge in [0.2, 0.25) is 17.7 Å². The number of carbonyl (C=O) groups is 3. The molecular formula is C25H29F2N3O4S. The van der Waals surface area contributed by atoms with Gasteiger partial charge in [-0.3, -0.25) is 23.5 Å². The van der Waals surface area contributed by atoms with E-state index in [1.165, 1.54) is 55.5 Å². The summed E-state index contributed by atoms with van der Waals surface area (Å²) in [7, 11) is -1.93. The fourth-order valence-corrected chi connectivity index (χ4v) is 4.91. The summed E-state index contributed by atoms with van der Waals surface area (Å²) in [6.07, 6.45) is 4.82. The zero-order valence-electron chi connectivity index (χ0n) is 19.5. The molecule has 35 heavy (non-hydrogen) atoms. The molecule has 0 bridgehead atoms. The lowest BCUT2D eigenvalue weighted by Crippen LogP contribution is -2.52. The predicted octanol–water partition coefficient (Wildman–Crippen LogP) is 3.52. The second-order valence-corrected chi connectivity index (χ2v) is 9.98. The first-order chi connectivity index (χ1) is 16.7. The van der Waals surface area contributed by atoms with E-state index in [4.69, 9.17) is 0 Å². The molecule has 3 amide bonds. The fraction of sp³-hybridized carbons (Fsp3) is 0.400. The normalized spacial score (nSPS) is 15.6. The molecule has 0 radical (unpaired) electrons. The SMILES string of the molecule is C[C@@H](C(=O)NC1CCCCC1)N(C(=O)C[S@](=O)CC(=O)Nc1ccc(F)cc1)c1ccccc1F. The minimum atomic E-state index is -1.93. The zero-order chi connectivity index (χ0) is 25.4. The van der Waals surface area contributed by atoms with E-state index in [0.717, 1.165) is 37.0 Å². The Bertz CT molecular complexity index is 1070. The Morgan fingerprint density at radius 1 is 1.00 bits per heavy atom. The summed E-state index contributed by atoms with van der Waals surface area (Å²) in [5.41, 5.74) is 0.220. The van der Waals surface area contributed by atoms with Crippen molar-refractivity contribution in [2.45, 2.75) is 51.1 Å². The second-order valence-electron chi connectivity index (χ2n) is 8.52. The van der Waals surface area contributed by atoms with Crippen LogP contribution in [0.2, 0.25) is 0 Å². The van der Waals surface area contributed by atoms with Crippen LogP contribution in [0.15, 0.2) is 48.5 Å². The number of para-hydroxylation sites is 1. The first kappa shape index (κ1) is 26.5. The van der Waals surface area contributed by atoms with Crippen LogP contribution in [0.4, 0.5) is 20.2 Å². The number of halogens is 2. The number of carbonyl (C=O) groups excluding carboxylic acids is 3. The number of rotatable bonds is 9. The van der Waals surface area contributed by atoms with Crippen LogP contribution in [0.3, 0.4) is 0 Å². The van der Waals surface area contributed by atoms with Crippen molar-refractivity contribution in [3.8, 4) is 0 Å². The van der Waals surface area contributed by atoms with Gasteiger partial charge in [0.05, 0.1) is 5.69 Å². The number of amides is 3. The molecule has 0 spiro atoms. The summed E-state index contributed by atoms with van der Waals surface area (Å²) in [4.78, 5) is 39.3. The van der Waals surface area contributed by atoms with Gasteiger partial charge in [-0.1, -0.05) is 31.4 Å². The van der Waals surface area contributed by atoms with Crippen LogP contribution in [0.1, 0.15) is 39.0 Å². The smallest absolute Gasteiger partial charge is 0.243 e. The number of benzene rings is 2. The molecule has 7 nitrogen and oxygen atoms in total. The van der Waals surface area contributed by atoms with Crippen LogP contribution in [-0.2, 0) is 25.2 Å². The lowest BCUT2D eigenvalue weighted by Gasteiger charge is -2.31. The highest BCUT2D eigenvalue weighted by atomic mass is 32.2. The first-order valence-electron chi connectivity index (χ1n) is 11.5. The molecule has 0 aromatic heterocycles. The van der Waals surface area contributed by atoms with Crippen molar-refractivity contribution in [2.75, 3.05) is 21.7 Å². The van der Waals surface area contributed by atoms with E-state index in [1.54, 1.807) is 0 Å². The zero-order valence-corrected chi connectivity index (χ0v) is 20.3. The van der Waals surface area contributed by atoms with Crippen molar-refractivity contribution in [1.82, 2.24) is 5.32 Å². The van der Waals surface area contributed by atoms with Crippen LogP contribution in [-0.4, -0.2) is 45.5 Å². The van der Waals surface area contributed by atoms with Gasteiger partial charge in [0.1, 0.15) is 29.2 Å². The molecule has 10 heteroatoms. The minimum Gasteiger partial charge on any atom is -0.352 e. The first-order valence-corrected chi connectivity index (χ1v) is 13.0. The monoisotopic (exact) mass is 505 g/mol. The Morgan fingerprint density at radius 2 is 1.66 bits per heavy atom. The summed E-state index contributed by atoms with van der Waals surface area (Å²) in [6.45, 7) is 1.49. The highest BCUT2D eigenvalue weighted by Crippen LogP contribution is 2.23. The van der Waals surface area contributed by atoms with Crippen LogP contribution < -0.4 is 15.5 Å². The average Bonchev–Trinajstić information content (AvgIpc) is 2.82. The topological polar surface area (TPSA) is 95.6 Å². The molecule has 0 aliphatic heterocycles. The Hall–Kier alpha value is -3.14. The minimum absolute atomic E-state index is 0.000520. The van der Waals surface area contributed by atoms with Gasteiger partial charge in [-0.05, 0) is 56.2 Å². The molecule has 0 saturated heterocycles. The highest BCUT2D eigenvalue weighted by Gasteiger charge is 2.31. The van der Waals surface area contributed by atoms with Crippen molar-refractivity contribution in [3.05, 3.63) is 60.2 Å². The summed E-state index contributed by atoms with van der Waals surface area (Å²) in [5, 5.41) is 5.42. The number of nitrogens with one attached hydrogen (secondary N) is 2. The maximum atomic E-state index is 14.6. The summed E-state index contributed by atoms with van der Waals surface area (Å²) >= 11 is 0. The Kier molecular flexibility index (Phi) is 9.47. The summed E-state index contributed by atoms with van der Waals surface area (Å²) in [5.74, 6) is -4.01. The second kappa shape index (κ2) is 12.5. The molecule has 2 aromatic rings. The molecule has 1 saturated carbocycles. The molecule has 188 valence electrons. The molecule has 1 fully saturated rings. The quantitative estimate of drug-likeness (QED) is 0.545. The summed E-state index contributed by atoms with van der Waals surface area (Å²) < 4.78 is 40.2. The Balaban J connectivity index is 1.68. The number of anilines is 2. The molecule has 2 N–H and O–H groups in total. The van der Waals surface area contributed by atoms with Crippen molar-refractivity contribution in [3.63, 3.8) is 0 Å². The predicted molar refractivity (Wildman–Crippen MR) is 131 cm³/mol. The van der Waals surface area contributed by atoms with E-state index in [2.05, 4.69) is 10.6 Å². The van der Waals surface area contributed by atoms with E-state index in [1.807, 2.05) is 0 Å². The number of nitrogens with zero attached hydrogens (tertiary/aromatic N) is 1. The Labute approximate surface area is 205 Å². The molecule has 2 aromatic carbocycles. The maximum absolute atomic E-state index is 14.6. The number of hydrogen-bond donors (Lipinski definition) is 2. The third-order valence-electron chi connectivity index (χ3n) is 5.80. The van der Waals surface area contributed by atoms with Crippen molar-refractivity contribution < 1.29 is 27.4 Å². The van der Waals surface area contributed by atoms with E-state index >= 15 is 0 Å². The van der Waals surface area contributed by atoms with Gasteiger partial charge in [-0.2, -0.15) is 0 Å². The van der Waals surface area contributed by atoms with E-state index < -0.39 is 57.7 Å².